The number of carbonyl (C=O) groups excluding carboxylic acids is 3. The van der Waals surface area contributed by atoms with E-state index in [1.807, 2.05) is 31.2 Å². The zero-order valence-corrected chi connectivity index (χ0v) is 16.5. The number of aromatic nitrogens is 2. The summed E-state index contributed by atoms with van der Waals surface area (Å²) in [7, 11) is 0. The average Bonchev–Trinajstić information content (AvgIpc) is 3.08. The van der Waals surface area contributed by atoms with E-state index < -0.39 is 17.7 Å². The van der Waals surface area contributed by atoms with Crippen LogP contribution < -0.4 is 16.2 Å². The third kappa shape index (κ3) is 4.91. The van der Waals surface area contributed by atoms with Gasteiger partial charge in [-0.1, -0.05) is 42.8 Å². The predicted molar refractivity (Wildman–Crippen MR) is 109 cm³/mol. The number of nitrogens with one attached hydrogen (secondary N) is 3. The van der Waals surface area contributed by atoms with Gasteiger partial charge in [0, 0.05) is 6.42 Å². The Morgan fingerprint density at radius 2 is 1.69 bits per heavy atom. The van der Waals surface area contributed by atoms with Gasteiger partial charge in [-0.05, 0) is 24.3 Å². The maximum Gasteiger partial charge on any atom is 0.258 e. The molecule has 3 N–H and O–H groups in total. The lowest BCUT2D eigenvalue weighted by Gasteiger charge is -2.11. The van der Waals surface area contributed by atoms with Crippen LogP contribution in [0.25, 0.3) is 11.0 Å². The number of rotatable bonds is 6. The molecule has 0 saturated carbocycles. The fourth-order valence-corrected chi connectivity index (χ4v) is 3.06. The van der Waals surface area contributed by atoms with Crippen molar-refractivity contribution in [2.24, 2.45) is 0 Å². The van der Waals surface area contributed by atoms with Crippen LogP contribution in [0.2, 0.25) is 5.02 Å². The SMILES string of the molecule is CCc1nc2ccccc2n1CC(=O)NNC(=O)CNC(=O)c1ccccc1Cl. The molecule has 29 heavy (non-hydrogen) atoms. The standard InChI is InChI=1S/C20H20ClN5O3/c1-2-17-23-15-9-5-6-10-16(15)26(17)12-19(28)25-24-18(27)11-22-20(29)13-7-3-4-8-14(13)21/h3-10H,2,11-12H2,1H3,(H,22,29)(H,24,27)(H,25,28). The van der Waals surface area contributed by atoms with Crippen LogP contribution in [0.1, 0.15) is 23.1 Å². The summed E-state index contributed by atoms with van der Waals surface area (Å²) < 4.78 is 1.80. The second kappa shape index (κ2) is 9.20. The maximum atomic E-state index is 12.3. The van der Waals surface area contributed by atoms with Gasteiger partial charge in [0.2, 0.25) is 0 Å². The van der Waals surface area contributed by atoms with Crippen molar-refractivity contribution in [3.8, 4) is 0 Å². The highest BCUT2D eigenvalue weighted by Crippen LogP contribution is 2.16. The van der Waals surface area contributed by atoms with E-state index in [0.717, 1.165) is 16.9 Å². The van der Waals surface area contributed by atoms with E-state index in [1.54, 1.807) is 28.8 Å². The Morgan fingerprint density at radius 3 is 2.45 bits per heavy atom. The van der Waals surface area contributed by atoms with E-state index in [-0.39, 0.29) is 23.7 Å². The second-order valence-corrected chi connectivity index (χ2v) is 6.62. The summed E-state index contributed by atoms with van der Waals surface area (Å²) in [6, 6.07) is 14.0. The number of hydrazine groups is 1. The topological polar surface area (TPSA) is 105 Å². The number of hydrogen-bond donors (Lipinski definition) is 3. The molecule has 150 valence electrons. The van der Waals surface area contributed by atoms with Crippen molar-refractivity contribution in [2.75, 3.05) is 6.54 Å². The number of imidazole rings is 1. The number of para-hydroxylation sites is 2. The van der Waals surface area contributed by atoms with Gasteiger partial charge in [-0.3, -0.25) is 25.2 Å². The number of aryl methyl sites for hydroxylation is 1. The Labute approximate surface area is 172 Å². The number of fused-ring (bicyclic) bond motifs is 1. The number of carbonyl (C=O) groups is 3. The van der Waals surface area contributed by atoms with Gasteiger partial charge >= 0.3 is 0 Å². The van der Waals surface area contributed by atoms with E-state index in [4.69, 9.17) is 11.6 Å². The molecule has 1 heterocycles. The number of hydrogen-bond acceptors (Lipinski definition) is 4. The lowest BCUT2D eigenvalue weighted by atomic mass is 10.2. The molecular formula is C20H20ClN5O3. The lowest BCUT2D eigenvalue weighted by Crippen LogP contribution is -2.47. The second-order valence-electron chi connectivity index (χ2n) is 6.22. The average molecular weight is 414 g/mol. The van der Waals surface area contributed by atoms with Crippen molar-refractivity contribution in [2.45, 2.75) is 19.9 Å². The minimum atomic E-state index is -0.565. The molecule has 0 saturated heterocycles. The van der Waals surface area contributed by atoms with Gasteiger partial charge in [0.05, 0.1) is 28.2 Å². The Kier molecular flexibility index (Phi) is 6.46. The van der Waals surface area contributed by atoms with Crippen molar-refractivity contribution in [3.05, 3.63) is 64.9 Å². The van der Waals surface area contributed by atoms with Crippen LogP contribution >= 0.6 is 11.6 Å². The summed E-state index contributed by atoms with van der Waals surface area (Å²) in [5.41, 5.74) is 6.55. The molecule has 1 aromatic heterocycles. The minimum Gasteiger partial charge on any atom is -0.343 e. The Bertz CT molecular complexity index is 1060. The lowest BCUT2D eigenvalue weighted by molar-refractivity contribution is -0.128. The Morgan fingerprint density at radius 1 is 1.00 bits per heavy atom. The van der Waals surface area contributed by atoms with Gasteiger partial charge in [-0.25, -0.2) is 4.98 Å². The van der Waals surface area contributed by atoms with Crippen LogP contribution in [0.5, 0.6) is 0 Å². The molecule has 8 nitrogen and oxygen atoms in total. The van der Waals surface area contributed by atoms with E-state index in [0.29, 0.717) is 6.42 Å². The Hall–Kier alpha value is -3.39. The molecule has 0 bridgehead atoms. The summed E-state index contributed by atoms with van der Waals surface area (Å²) in [6.45, 7) is 1.66. The molecule has 3 amide bonds. The van der Waals surface area contributed by atoms with Crippen molar-refractivity contribution in [1.82, 2.24) is 25.7 Å². The summed E-state index contributed by atoms with van der Waals surface area (Å²) in [5, 5.41) is 2.74. The van der Waals surface area contributed by atoms with E-state index in [9.17, 15) is 14.4 Å². The van der Waals surface area contributed by atoms with Crippen molar-refractivity contribution < 1.29 is 14.4 Å². The third-order valence-corrected chi connectivity index (χ3v) is 4.55. The Balaban J connectivity index is 1.51. The molecule has 9 heteroatoms. The van der Waals surface area contributed by atoms with E-state index in [1.165, 1.54) is 0 Å². The van der Waals surface area contributed by atoms with Crippen LogP contribution in [0, 0.1) is 0 Å². The maximum absolute atomic E-state index is 12.3. The van der Waals surface area contributed by atoms with Crippen LogP contribution in [0.4, 0.5) is 0 Å². The molecule has 3 rings (SSSR count). The monoisotopic (exact) mass is 413 g/mol. The minimum absolute atomic E-state index is 0.00987. The summed E-state index contributed by atoms with van der Waals surface area (Å²) in [4.78, 5) is 40.7. The van der Waals surface area contributed by atoms with Crippen LogP contribution in [0.3, 0.4) is 0 Å². The van der Waals surface area contributed by atoms with Gasteiger partial charge < -0.3 is 9.88 Å². The predicted octanol–water partition coefficient (Wildman–Crippen LogP) is 1.83. The summed E-state index contributed by atoms with van der Waals surface area (Å²) in [6.07, 6.45) is 0.669. The fraction of sp³-hybridized carbons (Fsp3) is 0.200. The first-order chi connectivity index (χ1) is 14.0. The molecule has 0 aliphatic carbocycles. The molecule has 0 fully saturated rings. The van der Waals surface area contributed by atoms with Crippen LogP contribution in [-0.4, -0.2) is 33.8 Å². The molecule has 0 spiro atoms. The molecule has 2 aromatic carbocycles. The zero-order chi connectivity index (χ0) is 20.8. The highest BCUT2D eigenvalue weighted by Gasteiger charge is 2.14. The molecule has 0 radical (unpaired) electrons. The van der Waals surface area contributed by atoms with E-state index >= 15 is 0 Å². The molecule has 0 unspecified atom stereocenters. The first-order valence-electron chi connectivity index (χ1n) is 9.04. The number of benzene rings is 2. The number of halogens is 1. The first kappa shape index (κ1) is 20.3. The highest BCUT2D eigenvalue weighted by atomic mass is 35.5. The summed E-state index contributed by atoms with van der Waals surface area (Å²) in [5.74, 6) is -0.673. The van der Waals surface area contributed by atoms with Crippen molar-refractivity contribution in [1.29, 1.82) is 0 Å². The molecule has 0 atom stereocenters. The number of nitrogens with zero attached hydrogens (tertiary/aromatic N) is 2. The first-order valence-corrected chi connectivity index (χ1v) is 9.42. The van der Waals surface area contributed by atoms with Crippen LogP contribution in [-0.2, 0) is 22.6 Å². The smallest absolute Gasteiger partial charge is 0.258 e. The largest absolute Gasteiger partial charge is 0.343 e. The summed E-state index contributed by atoms with van der Waals surface area (Å²) >= 11 is 5.95. The normalized spacial score (nSPS) is 10.6. The van der Waals surface area contributed by atoms with Gasteiger partial charge in [0.15, 0.2) is 0 Å². The molecular weight excluding hydrogens is 394 g/mol. The van der Waals surface area contributed by atoms with Crippen molar-refractivity contribution >= 4 is 40.4 Å². The fourth-order valence-electron chi connectivity index (χ4n) is 2.84. The molecule has 0 aliphatic rings. The highest BCUT2D eigenvalue weighted by molar-refractivity contribution is 6.33. The molecule has 0 aliphatic heterocycles. The van der Waals surface area contributed by atoms with Gasteiger partial charge in [-0.2, -0.15) is 0 Å². The quantitative estimate of drug-likeness (QED) is 0.536. The molecule has 3 aromatic rings. The van der Waals surface area contributed by atoms with Gasteiger partial charge in [0.1, 0.15) is 12.4 Å². The van der Waals surface area contributed by atoms with E-state index in [2.05, 4.69) is 21.2 Å². The van der Waals surface area contributed by atoms with Gasteiger partial charge in [0.25, 0.3) is 17.7 Å². The van der Waals surface area contributed by atoms with Crippen molar-refractivity contribution in [3.63, 3.8) is 0 Å². The van der Waals surface area contributed by atoms with Gasteiger partial charge in [-0.15, -0.1) is 0 Å². The zero-order valence-electron chi connectivity index (χ0n) is 15.7. The van der Waals surface area contributed by atoms with Crippen LogP contribution in [0.15, 0.2) is 48.5 Å². The third-order valence-electron chi connectivity index (χ3n) is 4.22. The number of amides is 3.